The Morgan fingerprint density at radius 3 is 2.76 bits per heavy atom. The lowest BCUT2D eigenvalue weighted by Gasteiger charge is -2.17. The summed E-state index contributed by atoms with van der Waals surface area (Å²) in [6, 6.07) is 11.7. The number of para-hydroxylation sites is 1. The van der Waals surface area contributed by atoms with Crippen LogP contribution >= 0.6 is 0 Å². The first-order chi connectivity index (χ1) is 16.0. The van der Waals surface area contributed by atoms with E-state index in [0.717, 1.165) is 45.6 Å². The summed E-state index contributed by atoms with van der Waals surface area (Å²) in [5, 5.41) is 5.03. The van der Waals surface area contributed by atoms with Gasteiger partial charge in [-0.15, -0.1) is 0 Å². The lowest BCUT2D eigenvalue weighted by atomic mass is 9.97. The molecule has 5 rings (SSSR count). The molecule has 1 saturated heterocycles. The molecule has 33 heavy (non-hydrogen) atoms. The average molecular weight is 447 g/mol. The van der Waals surface area contributed by atoms with Crippen molar-refractivity contribution in [2.45, 2.75) is 26.2 Å². The molecule has 0 saturated carbocycles. The summed E-state index contributed by atoms with van der Waals surface area (Å²) < 4.78 is 22.2. The molecule has 1 atom stereocenters. The Morgan fingerprint density at radius 1 is 1.15 bits per heavy atom. The fourth-order valence-corrected chi connectivity index (χ4v) is 4.49. The number of likely N-dealkylation sites (tertiary alicyclic amines) is 1. The number of fused-ring (bicyclic) bond motifs is 1. The maximum atomic E-state index is 13.1. The SMILES string of the molecule is COc1ccc(OC)c([C@H]2CCN(C(=O)c3nc(-c4oc5c(C)cccc5c4C)no3)C2)c1. The molecule has 2 aromatic heterocycles. The molecule has 0 unspecified atom stereocenters. The summed E-state index contributed by atoms with van der Waals surface area (Å²) in [7, 11) is 3.28. The van der Waals surface area contributed by atoms with Gasteiger partial charge in [0.25, 0.3) is 0 Å². The number of carbonyl (C=O) groups is 1. The predicted molar refractivity (Wildman–Crippen MR) is 122 cm³/mol. The van der Waals surface area contributed by atoms with Crippen molar-refractivity contribution in [3.8, 4) is 23.1 Å². The molecule has 0 N–H and O–H groups in total. The van der Waals surface area contributed by atoms with Gasteiger partial charge < -0.3 is 23.3 Å². The van der Waals surface area contributed by atoms with Crippen LogP contribution < -0.4 is 9.47 Å². The number of hydrogen-bond acceptors (Lipinski definition) is 7. The lowest BCUT2D eigenvalue weighted by Crippen LogP contribution is -2.28. The Bertz CT molecular complexity index is 1340. The van der Waals surface area contributed by atoms with E-state index in [0.29, 0.717) is 18.8 Å². The second-order valence-corrected chi connectivity index (χ2v) is 8.28. The number of ether oxygens (including phenoxy) is 2. The number of aryl methyl sites for hydroxylation is 2. The van der Waals surface area contributed by atoms with E-state index in [9.17, 15) is 4.79 Å². The Balaban J connectivity index is 1.37. The number of methoxy groups -OCH3 is 2. The van der Waals surface area contributed by atoms with Crippen molar-refractivity contribution in [3.63, 3.8) is 0 Å². The van der Waals surface area contributed by atoms with Gasteiger partial charge in [0, 0.05) is 35.5 Å². The first-order valence-corrected chi connectivity index (χ1v) is 10.8. The van der Waals surface area contributed by atoms with Gasteiger partial charge in [-0.25, -0.2) is 0 Å². The fourth-order valence-electron chi connectivity index (χ4n) is 4.49. The number of amides is 1. The van der Waals surface area contributed by atoms with Crippen molar-refractivity contribution in [1.82, 2.24) is 15.0 Å². The highest BCUT2D eigenvalue weighted by atomic mass is 16.5. The maximum absolute atomic E-state index is 13.1. The van der Waals surface area contributed by atoms with E-state index in [2.05, 4.69) is 10.1 Å². The minimum Gasteiger partial charge on any atom is -0.497 e. The summed E-state index contributed by atoms with van der Waals surface area (Å²) in [4.78, 5) is 19.2. The number of nitrogens with zero attached hydrogens (tertiary/aromatic N) is 3. The highest BCUT2D eigenvalue weighted by molar-refractivity contribution is 5.91. The second-order valence-electron chi connectivity index (χ2n) is 8.28. The van der Waals surface area contributed by atoms with Crippen LogP contribution in [0.15, 0.2) is 45.3 Å². The van der Waals surface area contributed by atoms with Crippen LogP contribution in [0.4, 0.5) is 0 Å². The summed E-state index contributed by atoms with van der Waals surface area (Å²) in [5.74, 6) is 2.13. The predicted octanol–water partition coefficient (Wildman–Crippen LogP) is 4.75. The molecule has 170 valence electrons. The van der Waals surface area contributed by atoms with Gasteiger partial charge in [-0.05, 0) is 44.0 Å². The van der Waals surface area contributed by atoms with Crippen LogP contribution in [0.3, 0.4) is 0 Å². The molecule has 8 nitrogen and oxygen atoms in total. The largest absolute Gasteiger partial charge is 0.497 e. The fraction of sp³-hybridized carbons (Fsp3) is 0.320. The third kappa shape index (κ3) is 3.61. The zero-order valence-corrected chi connectivity index (χ0v) is 19.0. The zero-order valence-electron chi connectivity index (χ0n) is 19.0. The average Bonchev–Trinajstić information content (AvgIpc) is 3.58. The van der Waals surface area contributed by atoms with Crippen molar-refractivity contribution in [2.24, 2.45) is 0 Å². The van der Waals surface area contributed by atoms with E-state index < -0.39 is 0 Å². The van der Waals surface area contributed by atoms with Crippen LogP contribution in [0.5, 0.6) is 11.5 Å². The monoisotopic (exact) mass is 447 g/mol. The van der Waals surface area contributed by atoms with Gasteiger partial charge in [0.15, 0.2) is 5.76 Å². The molecule has 3 heterocycles. The van der Waals surface area contributed by atoms with Gasteiger partial charge in [-0.2, -0.15) is 4.98 Å². The highest BCUT2D eigenvalue weighted by Crippen LogP contribution is 2.37. The minimum atomic E-state index is -0.289. The topological polar surface area (TPSA) is 90.8 Å². The van der Waals surface area contributed by atoms with Crippen molar-refractivity contribution in [3.05, 3.63) is 59.0 Å². The van der Waals surface area contributed by atoms with Crippen LogP contribution in [0.1, 0.15) is 39.7 Å². The Kier molecular flexibility index (Phi) is 5.28. The number of carbonyl (C=O) groups excluding carboxylic acids is 1. The van der Waals surface area contributed by atoms with Gasteiger partial charge in [0.05, 0.1) is 14.2 Å². The summed E-state index contributed by atoms with van der Waals surface area (Å²) in [6.45, 7) is 5.06. The van der Waals surface area contributed by atoms with Gasteiger partial charge in [-0.1, -0.05) is 23.4 Å². The van der Waals surface area contributed by atoms with Crippen LogP contribution in [-0.2, 0) is 0 Å². The molecule has 0 aliphatic carbocycles. The highest BCUT2D eigenvalue weighted by Gasteiger charge is 2.33. The second kappa shape index (κ2) is 8.27. The molecule has 8 heteroatoms. The van der Waals surface area contributed by atoms with Crippen LogP contribution in [0, 0.1) is 13.8 Å². The number of furan rings is 1. The van der Waals surface area contributed by atoms with E-state index in [1.807, 2.05) is 50.2 Å². The quantitative estimate of drug-likeness (QED) is 0.436. The van der Waals surface area contributed by atoms with E-state index in [1.165, 1.54) is 0 Å². The Hall–Kier alpha value is -3.81. The van der Waals surface area contributed by atoms with Gasteiger partial charge in [0.2, 0.25) is 5.82 Å². The lowest BCUT2D eigenvalue weighted by molar-refractivity contribution is 0.0741. The summed E-state index contributed by atoms with van der Waals surface area (Å²) in [5.41, 5.74) is 3.75. The standard InChI is InChI=1S/C25H25N3O5/c1-14-6-5-7-18-15(2)22(32-21(14)18)23-26-24(33-27-23)25(29)28-11-10-16(13-28)19-12-17(30-3)8-9-20(19)31-4/h5-9,12,16H,10-11,13H2,1-4H3/t16-/m0/s1. The smallest absolute Gasteiger partial charge is 0.316 e. The first-order valence-electron chi connectivity index (χ1n) is 10.8. The molecular weight excluding hydrogens is 422 g/mol. The number of aromatic nitrogens is 2. The number of hydrogen-bond donors (Lipinski definition) is 0. The molecule has 0 spiro atoms. The van der Waals surface area contributed by atoms with E-state index in [1.54, 1.807) is 19.1 Å². The zero-order chi connectivity index (χ0) is 23.1. The number of rotatable bonds is 5. The molecular formula is C25H25N3O5. The third-order valence-corrected chi connectivity index (χ3v) is 6.32. The Morgan fingerprint density at radius 2 is 2.00 bits per heavy atom. The normalized spacial score (nSPS) is 15.9. The molecule has 1 fully saturated rings. The summed E-state index contributed by atoms with van der Waals surface area (Å²) >= 11 is 0. The van der Waals surface area contributed by atoms with E-state index in [-0.39, 0.29) is 23.5 Å². The summed E-state index contributed by atoms with van der Waals surface area (Å²) in [6.07, 6.45) is 0.804. The minimum absolute atomic E-state index is 0.0418. The molecule has 0 radical (unpaired) electrons. The first kappa shape index (κ1) is 21.1. The van der Waals surface area contributed by atoms with Gasteiger partial charge in [0.1, 0.15) is 17.1 Å². The van der Waals surface area contributed by atoms with Crippen LogP contribution in [0.25, 0.3) is 22.6 Å². The molecule has 1 amide bonds. The van der Waals surface area contributed by atoms with Crippen LogP contribution in [0.2, 0.25) is 0 Å². The molecule has 1 aliphatic heterocycles. The van der Waals surface area contributed by atoms with Crippen LogP contribution in [-0.4, -0.2) is 48.3 Å². The Labute approximate surface area is 191 Å². The molecule has 0 bridgehead atoms. The van der Waals surface area contributed by atoms with Gasteiger partial charge >= 0.3 is 11.8 Å². The van der Waals surface area contributed by atoms with Crippen molar-refractivity contribution in [2.75, 3.05) is 27.3 Å². The maximum Gasteiger partial charge on any atom is 0.316 e. The van der Waals surface area contributed by atoms with E-state index >= 15 is 0 Å². The van der Waals surface area contributed by atoms with Crippen molar-refractivity contribution in [1.29, 1.82) is 0 Å². The van der Waals surface area contributed by atoms with Crippen molar-refractivity contribution < 1.29 is 23.2 Å². The van der Waals surface area contributed by atoms with Crippen molar-refractivity contribution >= 4 is 16.9 Å². The third-order valence-electron chi connectivity index (χ3n) is 6.32. The molecule has 4 aromatic rings. The van der Waals surface area contributed by atoms with Gasteiger partial charge in [-0.3, -0.25) is 4.79 Å². The molecule has 1 aliphatic rings. The molecule has 2 aromatic carbocycles. The number of benzene rings is 2. The van der Waals surface area contributed by atoms with E-state index in [4.69, 9.17) is 18.4 Å².